The summed E-state index contributed by atoms with van der Waals surface area (Å²) in [6.45, 7) is 6.07. The molecule has 0 aliphatic heterocycles. The normalized spacial score (nSPS) is 14.1. The highest BCUT2D eigenvalue weighted by atomic mass is 28.3. The zero-order valence-corrected chi connectivity index (χ0v) is 17.4. The van der Waals surface area contributed by atoms with Gasteiger partial charge in [-0.15, -0.1) is 5.54 Å². The fourth-order valence-electron chi connectivity index (χ4n) is 3.02. The standard InChI is InChI=1S/C22H22O5Si/c1-26-13-27-12-18-16(9-10-28(2,3)4)22(25)19-17(20(18)23)11-14-7-5-6-8-15(14)21(19)24/h5-8,11,24H,12-13H2,1-4H3. The molecule has 6 heteroatoms. The summed E-state index contributed by atoms with van der Waals surface area (Å²) in [7, 11) is -0.316. The first-order chi connectivity index (χ1) is 13.2. The number of benzene rings is 2. The smallest absolute Gasteiger partial charge is 0.206 e. The van der Waals surface area contributed by atoms with Crippen molar-refractivity contribution in [2.24, 2.45) is 0 Å². The Morgan fingerprint density at radius 2 is 1.82 bits per heavy atom. The highest BCUT2D eigenvalue weighted by Crippen LogP contribution is 2.37. The van der Waals surface area contributed by atoms with Crippen LogP contribution in [0, 0.1) is 11.5 Å². The second kappa shape index (κ2) is 7.72. The van der Waals surface area contributed by atoms with Crippen LogP contribution in [0.1, 0.15) is 20.7 Å². The van der Waals surface area contributed by atoms with Crippen LogP contribution in [-0.2, 0) is 9.47 Å². The van der Waals surface area contributed by atoms with Crippen molar-refractivity contribution in [3.8, 4) is 17.2 Å². The van der Waals surface area contributed by atoms with Gasteiger partial charge in [-0.25, -0.2) is 0 Å². The van der Waals surface area contributed by atoms with E-state index in [1.54, 1.807) is 24.3 Å². The number of ketones is 2. The Morgan fingerprint density at radius 1 is 1.11 bits per heavy atom. The maximum Gasteiger partial charge on any atom is 0.206 e. The second-order valence-electron chi connectivity index (χ2n) is 7.64. The Labute approximate surface area is 165 Å². The topological polar surface area (TPSA) is 72.8 Å². The predicted molar refractivity (Wildman–Crippen MR) is 110 cm³/mol. The van der Waals surface area contributed by atoms with Gasteiger partial charge >= 0.3 is 0 Å². The third kappa shape index (κ3) is 3.78. The summed E-state index contributed by atoms with van der Waals surface area (Å²) in [5.74, 6) is 1.94. The number of carbonyl (C=O) groups is 2. The molecular formula is C22H22O5Si. The van der Waals surface area contributed by atoms with Gasteiger partial charge in [0.25, 0.3) is 0 Å². The molecule has 0 heterocycles. The summed E-state index contributed by atoms with van der Waals surface area (Å²) in [4.78, 5) is 26.4. The fraction of sp³-hybridized carbons (Fsp3) is 0.273. The number of aromatic hydroxyl groups is 1. The number of carbonyl (C=O) groups excluding carboxylic acids is 2. The second-order valence-corrected chi connectivity index (χ2v) is 12.4. The van der Waals surface area contributed by atoms with Crippen molar-refractivity contribution in [2.75, 3.05) is 20.5 Å². The molecule has 0 radical (unpaired) electrons. The number of methoxy groups -OCH3 is 1. The molecule has 0 unspecified atom stereocenters. The van der Waals surface area contributed by atoms with Gasteiger partial charge in [-0.3, -0.25) is 9.59 Å². The number of allylic oxidation sites excluding steroid dienone is 1. The molecule has 5 nitrogen and oxygen atoms in total. The van der Waals surface area contributed by atoms with Gasteiger partial charge in [0.15, 0.2) is 5.78 Å². The minimum Gasteiger partial charge on any atom is -0.507 e. The first kappa shape index (κ1) is 20.0. The zero-order valence-electron chi connectivity index (χ0n) is 16.4. The number of rotatable bonds is 4. The predicted octanol–water partition coefficient (Wildman–Crippen LogP) is 3.72. The van der Waals surface area contributed by atoms with Crippen LogP contribution in [0.3, 0.4) is 0 Å². The third-order valence-corrected chi connectivity index (χ3v) is 5.18. The summed E-state index contributed by atoms with van der Waals surface area (Å²) in [5.41, 5.74) is 3.63. The number of Topliss-reactive ketones (excluding diaryl/α,β-unsaturated/α-hetero) is 2. The summed E-state index contributed by atoms with van der Waals surface area (Å²) in [6.07, 6.45) is 0. The molecule has 144 valence electrons. The van der Waals surface area contributed by atoms with E-state index in [4.69, 9.17) is 9.47 Å². The minimum absolute atomic E-state index is 0.00444. The van der Waals surface area contributed by atoms with E-state index in [1.807, 2.05) is 6.07 Å². The van der Waals surface area contributed by atoms with E-state index >= 15 is 0 Å². The van der Waals surface area contributed by atoms with Gasteiger partial charge in [0, 0.05) is 23.6 Å². The maximum absolute atomic E-state index is 13.2. The van der Waals surface area contributed by atoms with Gasteiger partial charge in [-0.2, -0.15) is 0 Å². The van der Waals surface area contributed by atoms with Gasteiger partial charge in [0.05, 0.1) is 17.7 Å². The summed E-state index contributed by atoms with van der Waals surface area (Å²) in [5, 5.41) is 12.0. The van der Waals surface area contributed by atoms with Gasteiger partial charge < -0.3 is 14.6 Å². The van der Waals surface area contributed by atoms with Gasteiger partial charge in [0.1, 0.15) is 20.6 Å². The molecule has 1 aliphatic rings. The number of fused-ring (bicyclic) bond motifs is 2. The number of hydrogen-bond donors (Lipinski definition) is 1. The summed E-state index contributed by atoms with van der Waals surface area (Å²) >= 11 is 0. The lowest BCUT2D eigenvalue weighted by molar-refractivity contribution is -0.0210. The molecule has 0 fully saturated rings. The fourth-order valence-corrected chi connectivity index (χ4v) is 3.52. The van der Waals surface area contributed by atoms with Crippen molar-refractivity contribution in [2.45, 2.75) is 19.6 Å². The Kier molecular flexibility index (Phi) is 5.52. The minimum atomic E-state index is -1.80. The zero-order chi connectivity index (χ0) is 20.5. The van der Waals surface area contributed by atoms with Gasteiger partial charge in [-0.05, 0) is 11.5 Å². The average molecular weight is 394 g/mol. The number of hydrogen-bond acceptors (Lipinski definition) is 5. The van der Waals surface area contributed by atoms with Gasteiger partial charge in [0.2, 0.25) is 5.78 Å². The Bertz CT molecular complexity index is 1060. The Morgan fingerprint density at radius 3 is 2.50 bits per heavy atom. The van der Waals surface area contributed by atoms with Crippen molar-refractivity contribution < 1.29 is 24.2 Å². The molecule has 0 saturated carbocycles. The number of phenols is 1. The quantitative estimate of drug-likeness (QED) is 0.370. The van der Waals surface area contributed by atoms with Crippen LogP contribution in [0.25, 0.3) is 10.8 Å². The van der Waals surface area contributed by atoms with E-state index in [0.717, 1.165) is 0 Å². The summed E-state index contributed by atoms with van der Waals surface area (Å²) < 4.78 is 10.2. The van der Waals surface area contributed by atoms with E-state index in [1.165, 1.54) is 7.11 Å². The largest absolute Gasteiger partial charge is 0.507 e. The molecule has 0 saturated heterocycles. The van der Waals surface area contributed by atoms with Gasteiger partial charge in [-0.1, -0.05) is 49.8 Å². The third-order valence-electron chi connectivity index (χ3n) is 4.31. The van der Waals surface area contributed by atoms with Crippen molar-refractivity contribution in [1.29, 1.82) is 0 Å². The first-order valence-electron chi connectivity index (χ1n) is 8.91. The lowest BCUT2D eigenvalue weighted by atomic mass is 9.82. The maximum atomic E-state index is 13.2. The van der Waals surface area contributed by atoms with E-state index in [9.17, 15) is 14.7 Å². The van der Waals surface area contributed by atoms with Crippen LogP contribution >= 0.6 is 0 Å². The molecule has 28 heavy (non-hydrogen) atoms. The molecular weight excluding hydrogens is 372 g/mol. The van der Waals surface area contributed by atoms with E-state index < -0.39 is 13.9 Å². The van der Waals surface area contributed by atoms with E-state index in [2.05, 4.69) is 31.1 Å². The lowest BCUT2D eigenvalue weighted by Gasteiger charge is -2.20. The Balaban J connectivity index is 2.22. The van der Waals surface area contributed by atoms with Crippen LogP contribution in [0.5, 0.6) is 5.75 Å². The molecule has 2 aromatic rings. The van der Waals surface area contributed by atoms with Crippen molar-refractivity contribution >= 4 is 30.4 Å². The Hall–Kier alpha value is -2.72. The molecule has 0 atom stereocenters. The molecule has 0 aromatic heterocycles. The molecule has 2 aromatic carbocycles. The molecule has 3 rings (SSSR count). The average Bonchev–Trinajstić information content (AvgIpc) is 2.64. The van der Waals surface area contributed by atoms with E-state index in [-0.39, 0.29) is 47.2 Å². The molecule has 0 spiro atoms. The lowest BCUT2D eigenvalue weighted by Crippen LogP contribution is -2.25. The van der Waals surface area contributed by atoms with Crippen molar-refractivity contribution in [3.63, 3.8) is 0 Å². The highest BCUT2D eigenvalue weighted by molar-refractivity contribution is 6.84. The first-order valence-corrected chi connectivity index (χ1v) is 12.4. The molecule has 1 N–H and O–H groups in total. The molecule has 0 bridgehead atoms. The number of ether oxygens (including phenoxy) is 2. The SMILES string of the molecule is COCOCC1=C(C#C[Si](C)(C)C)C(=O)c2c(cc3ccccc3c2O)C1=O. The van der Waals surface area contributed by atoms with Crippen molar-refractivity contribution in [1.82, 2.24) is 0 Å². The van der Waals surface area contributed by atoms with Crippen LogP contribution in [-0.4, -0.2) is 45.3 Å². The monoisotopic (exact) mass is 394 g/mol. The summed E-state index contributed by atoms with van der Waals surface area (Å²) in [6, 6.07) is 8.74. The highest BCUT2D eigenvalue weighted by Gasteiger charge is 2.35. The van der Waals surface area contributed by atoms with Crippen LogP contribution in [0.15, 0.2) is 41.5 Å². The van der Waals surface area contributed by atoms with Crippen molar-refractivity contribution in [3.05, 3.63) is 52.6 Å². The number of phenolic OH excluding ortho intramolecular Hbond substituents is 1. The van der Waals surface area contributed by atoms with Crippen LogP contribution in [0.4, 0.5) is 0 Å². The molecule has 0 amide bonds. The van der Waals surface area contributed by atoms with Crippen LogP contribution in [0.2, 0.25) is 19.6 Å². The molecule has 1 aliphatic carbocycles. The van der Waals surface area contributed by atoms with E-state index in [0.29, 0.717) is 10.8 Å². The van der Waals surface area contributed by atoms with Crippen LogP contribution < -0.4 is 0 Å².